The molecule has 2 aromatic carbocycles. The highest BCUT2D eigenvalue weighted by atomic mass is 16.8. The Bertz CT molecular complexity index is 922. The second-order valence-corrected chi connectivity index (χ2v) is 4.56. The number of non-ortho nitro benzene ring substituents is 1. The summed E-state index contributed by atoms with van der Waals surface area (Å²) in [7, 11) is 0. The van der Waals surface area contributed by atoms with Crippen molar-refractivity contribution in [2.75, 3.05) is 0 Å². The minimum Gasteiger partial charge on any atom is -0.502 e. The summed E-state index contributed by atoms with van der Waals surface area (Å²) in [4.78, 5) is 19.5. The van der Waals surface area contributed by atoms with Crippen LogP contribution in [0.1, 0.15) is 5.56 Å². The molecule has 11 nitrogen and oxygen atoms in total. The lowest BCUT2D eigenvalue weighted by Gasteiger charge is -1.99. The Hall–Kier alpha value is -3.76. The summed E-state index contributed by atoms with van der Waals surface area (Å²) in [5.41, 5.74) is 0.0783. The van der Waals surface area contributed by atoms with E-state index in [9.17, 15) is 30.5 Å². The van der Waals surface area contributed by atoms with Crippen LogP contribution in [0.3, 0.4) is 0 Å². The van der Waals surface area contributed by atoms with Gasteiger partial charge in [0, 0.05) is 16.8 Å². The van der Waals surface area contributed by atoms with Crippen LogP contribution < -0.4 is 4.90 Å². The molecule has 11 heteroatoms. The number of hydrogen-bond donors (Lipinski definition) is 1. The molecule has 1 N–H and O–H groups in total. The Balaban J connectivity index is 0.000000182. The standard InChI is InChI=1S/C7H6N2O5.C6H4N2O2/c1-4-2-5(8(11)12)3-6(7(4)10)9(13)14;9-8-6-4-2-1-3-5(6)7-10-8/h2-3,10H,1H3;1-4H. The van der Waals surface area contributed by atoms with Crippen LogP contribution in [0.2, 0.25) is 0 Å². The monoisotopic (exact) mass is 334 g/mol. The summed E-state index contributed by atoms with van der Waals surface area (Å²) >= 11 is 0. The third-order valence-corrected chi connectivity index (χ3v) is 2.96. The maximum atomic E-state index is 10.7. The Labute approximate surface area is 133 Å². The fourth-order valence-corrected chi connectivity index (χ4v) is 1.81. The topological polar surface area (TPSA) is 159 Å². The lowest BCUT2D eigenvalue weighted by Crippen LogP contribution is -2.22. The van der Waals surface area contributed by atoms with Crippen LogP contribution in [-0.4, -0.2) is 20.1 Å². The quantitative estimate of drug-likeness (QED) is 0.423. The molecule has 1 heterocycles. The van der Waals surface area contributed by atoms with E-state index in [1.807, 2.05) is 0 Å². The summed E-state index contributed by atoms with van der Waals surface area (Å²) in [6, 6.07) is 8.72. The normalized spacial score (nSPS) is 10.0. The number of phenolic OH excluding ortho intramolecular Hbond substituents is 1. The zero-order chi connectivity index (χ0) is 17.9. The number of aromatic nitrogens is 2. The minimum absolute atomic E-state index is 0.103. The molecule has 0 spiro atoms. The number of benzene rings is 2. The molecule has 1 aromatic heterocycles. The van der Waals surface area contributed by atoms with Gasteiger partial charge in [-0.25, -0.2) is 0 Å². The summed E-state index contributed by atoms with van der Waals surface area (Å²) < 4.78 is 4.33. The molecule has 0 bridgehead atoms. The summed E-state index contributed by atoms with van der Waals surface area (Å²) in [6.07, 6.45) is 0. The summed E-state index contributed by atoms with van der Waals surface area (Å²) in [5, 5.41) is 44.1. The van der Waals surface area contributed by atoms with Crippen LogP contribution in [0, 0.1) is 32.4 Å². The van der Waals surface area contributed by atoms with Crippen molar-refractivity contribution >= 4 is 22.4 Å². The van der Waals surface area contributed by atoms with Crippen molar-refractivity contribution in [3.63, 3.8) is 0 Å². The highest BCUT2D eigenvalue weighted by Gasteiger charge is 2.21. The minimum atomic E-state index is -0.866. The Morgan fingerprint density at radius 2 is 1.83 bits per heavy atom. The number of aromatic hydroxyl groups is 1. The molecule has 3 aromatic rings. The zero-order valence-corrected chi connectivity index (χ0v) is 12.1. The van der Waals surface area contributed by atoms with Crippen LogP contribution in [0.25, 0.3) is 11.0 Å². The zero-order valence-electron chi connectivity index (χ0n) is 12.1. The number of para-hydroxylation sites is 1. The van der Waals surface area contributed by atoms with Crippen LogP contribution >= 0.6 is 0 Å². The number of hydrogen-bond acceptors (Lipinski definition) is 8. The molecular formula is C13H10N4O7. The first-order valence-electron chi connectivity index (χ1n) is 6.38. The van der Waals surface area contributed by atoms with Crippen molar-refractivity contribution in [3.8, 4) is 5.75 Å². The first-order valence-corrected chi connectivity index (χ1v) is 6.38. The second kappa shape index (κ2) is 6.56. The predicted molar refractivity (Wildman–Crippen MR) is 79.1 cm³/mol. The van der Waals surface area contributed by atoms with Gasteiger partial charge in [0.2, 0.25) is 11.0 Å². The molecule has 0 aliphatic heterocycles. The van der Waals surface area contributed by atoms with Gasteiger partial charge in [-0.15, -0.1) is 0 Å². The van der Waals surface area contributed by atoms with E-state index in [0.717, 1.165) is 12.1 Å². The number of nitrogens with zero attached hydrogens (tertiary/aromatic N) is 4. The third-order valence-electron chi connectivity index (χ3n) is 2.96. The van der Waals surface area contributed by atoms with Crippen molar-refractivity contribution in [1.82, 2.24) is 5.16 Å². The van der Waals surface area contributed by atoms with E-state index < -0.39 is 27.0 Å². The molecule has 0 amide bonds. The van der Waals surface area contributed by atoms with E-state index in [1.54, 1.807) is 24.3 Å². The molecule has 0 radical (unpaired) electrons. The van der Waals surface area contributed by atoms with Gasteiger partial charge in [0.15, 0.2) is 5.75 Å². The molecule has 0 fully saturated rings. The fraction of sp³-hybridized carbons (Fsp3) is 0.0769. The molecule has 0 aliphatic carbocycles. The van der Waals surface area contributed by atoms with Crippen molar-refractivity contribution in [2.24, 2.45) is 0 Å². The molecular weight excluding hydrogens is 324 g/mol. The van der Waals surface area contributed by atoms with Gasteiger partial charge in [-0.2, -0.15) is 0 Å². The summed E-state index contributed by atoms with van der Waals surface area (Å²) in [5.74, 6) is -0.541. The van der Waals surface area contributed by atoms with Crippen molar-refractivity contribution < 1.29 is 24.5 Å². The van der Waals surface area contributed by atoms with Crippen LogP contribution in [0.15, 0.2) is 41.0 Å². The first-order chi connectivity index (χ1) is 11.3. The van der Waals surface area contributed by atoms with Crippen LogP contribution in [0.4, 0.5) is 11.4 Å². The maximum Gasteiger partial charge on any atom is 0.317 e. The van der Waals surface area contributed by atoms with Gasteiger partial charge in [0.1, 0.15) is 0 Å². The van der Waals surface area contributed by atoms with Crippen molar-refractivity contribution in [3.05, 3.63) is 67.4 Å². The number of phenols is 1. The predicted octanol–water partition coefficient (Wildman–Crippen LogP) is 1.98. The Morgan fingerprint density at radius 1 is 1.17 bits per heavy atom. The number of fused-ring (bicyclic) bond motifs is 1. The number of nitro groups is 2. The van der Waals surface area contributed by atoms with Gasteiger partial charge in [0.05, 0.1) is 15.9 Å². The lowest BCUT2D eigenvalue weighted by atomic mass is 10.1. The van der Waals surface area contributed by atoms with Gasteiger partial charge < -0.3 is 10.3 Å². The van der Waals surface area contributed by atoms with E-state index in [1.165, 1.54) is 6.92 Å². The number of rotatable bonds is 2. The molecule has 0 saturated carbocycles. The van der Waals surface area contributed by atoms with Gasteiger partial charge in [0.25, 0.3) is 5.69 Å². The molecule has 0 unspecified atom stereocenters. The first kappa shape index (κ1) is 16.6. The SMILES string of the molecule is Cc1cc([N+](=O)[O-])cc([N+](=O)[O-])c1O.[O-][n+]1onc2ccccc21. The molecule has 3 rings (SSSR count). The van der Waals surface area contributed by atoms with Gasteiger partial charge in [-0.05, 0) is 24.0 Å². The van der Waals surface area contributed by atoms with Gasteiger partial charge >= 0.3 is 5.69 Å². The fourth-order valence-electron chi connectivity index (χ4n) is 1.81. The highest BCUT2D eigenvalue weighted by molar-refractivity contribution is 5.69. The Kier molecular flexibility index (Phi) is 4.54. The van der Waals surface area contributed by atoms with Crippen molar-refractivity contribution in [1.29, 1.82) is 0 Å². The van der Waals surface area contributed by atoms with E-state index in [4.69, 9.17) is 0 Å². The van der Waals surface area contributed by atoms with Gasteiger partial charge in [-0.1, -0.05) is 12.1 Å². The van der Waals surface area contributed by atoms with Crippen LogP contribution in [0.5, 0.6) is 5.75 Å². The number of aryl methyl sites for hydroxylation is 1. The second-order valence-electron chi connectivity index (χ2n) is 4.56. The smallest absolute Gasteiger partial charge is 0.317 e. The molecule has 0 saturated heterocycles. The Morgan fingerprint density at radius 3 is 2.42 bits per heavy atom. The molecule has 0 aliphatic rings. The number of nitro benzene ring substituents is 2. The van der Waals surface area contributed by atoms with E-state index in [2.05, 4.69) is 9.79 Å². The highest BCUT2D eigenvalue weighted by Crippen LogP contribution is 2.33. The largest absolute Gasteiger partial charge is 0.502 e. The maximum absolute atomic E-state index is 10.7. The lowest BCUT2D eigenvalue weighted by molar-refractivity contribution is -0.782. The third kappa shape index (κ3) is 3.35. The van der Waals surface area contributed by atoms with Crippen molar-refractivity contribution in [2.45, 2.75) is 6.92 Å². The van der Waals surface area contributed by atoms with E-state index in [-0.39, 0.29) is 5.56 Å². The molecule has 24 heavy (non-hydrogen) atoms. The van der Waals surface area contributed by atoms with E-state index >= 15 is 0 Å². The average Bonchev–Trinajstić information content (AvgIpc) is 2.92. The summed E-state index contributed by atoms with van der Waals surface area (Å²) in [6.45, 7) is 1.36. The molecule has 0 atom stereocenters. The molecule has 124 valence electrons. The van der Waals surface area contributed by atoms with E-state index in [0.29, 0.717) is 15.9 Å². The van der Waals surface area contributed by atoms with Crippen LogP contribution in [-0.2, 0) is 0 Å². The van der Waals surface area contributed by atoms with Gasteiger partial charge in [-0.3, -0.25) is 24.9 Å². The average molecular weight is 334 g/mol.